The van der Waals surface area contributed by atoms with Crippen molar-refractivity contribution in [2.45, 2.75) is 12.6 Å². The van der Waals surface area contributed by atoms with E-state index in [9.17, 15) is 4.79 Å². The van der Waals surface area contributed by atoms with E-state index in [0.717, 1.165) is 5.56 Å². The molecular formula is C14H14N4O2S. The van der Waals surface area contributed by atoms with Crippen LogP contribution >= 0.6 is 11.3 Å². The van der Waals surface area contributed by atoms with Crippen LogP contribution in [0.1, 0.15) is 22.9 Å². The van der Waals surface area contributed by atoms with Gasteiger partial charge in [0, 0.05) is 19.0 Å². The molecule has 0 aliphatic heterocycles. The first-order valence-corrected chi connectivity index (χ1v) is 7.03. The van der Waals surface area contributed by atoms with Crippen molar-refractivity contribution in [3.8, 4) is 6.07 Å². The molecule has 1 aromatic heterocycles. The molecule has 21 heavy (non-hydrogen) atoms. The Kier molecular flexibility index (Phi) is 4.52. The number of aliphatic carboxylic acids is 1. The quantitative estimate of drug-likeness (QED) is 0.872. The van der Waals surface area contributed by atoms with E-state index in [1.807, 2.05) is 30.1 Å². The van der Waals surface area contributed by atoms with Gasteiger partial charge >= 0.3 is 5.97 Å². The lowest BCUT2D eigenvalue weighted by molar-refractivity contribution is -0.138. The normalized spacial score (nSPS) is 11.7. The van der Waals surface area contributed by atoms with Crippen LogP contribution in [0.25, 0.3) is 0 Å². The number of hydrogen-bond donors (Lipinski definition) is 2. The summed E-state index contributed by atoms with van der Waals surface area (Å²) in [4.78, 5) is 17.0. The Morgan fingerprint density at radius 3 is 3.05 bits per heavy atom. The van der Waals surface area contributed by atoms with Crippen LogP contribution in [0.5, 0.6) is 0 Å². The molecule has 0 spiro atoms. The SMILES string of the molecule is CN(Cc1cccc(C#N)c1)c1nc(C(N)C(=O)O)cs1. The van der Waals surface area contributed by atoms with E-state index in [4.69, 9.17) is 16.1 Å². The molecule has 0 saturated carbocycles. The third-order valence-electron chi connectivity index (χ3n) is 2.90. The van der Waals surface area contributed by atoms with Crippen LogP contribution in [-0.2, 0) is 11.3 Å². The molecule has 6 nitrogen and oxygen atoms in total. The number of thiazole rings is 1. The molecule has 1 heterocycles. The van der Waals surface area contributed by atoms with Crippen molar-refractivity contribution in [2.24, 2.45) is 5.73 Å². The van der Waals surface area contributed by atoms with Crippen molar-refractivity contribution in [3.63, 3.8) is 0 Å². The summed E-state index contributed by atoms with van der Waals surface area (Å²) in [5.74, 6) is -1.10. The van der Waals surface area contributed by atoms with Gasteiger partial charge in [0.25, 0.3) is 0 Å². The minimum atomic E-state index is -1.11. The Morgan fingerprint density at radius 2 is 2.38 bits per heavy atom. The summed E-state index contributed by atoms with van der Waals surface area (Å²) in [6.07, 6.45) is 0. The summed E-state index contributed by atoms with van der Waals surface area (Å²) >= 11 is 1.34. The smallest absolute Gasteiger partial charge is 0.326 e. The first kappa shape index (κ1) is 15.0. The first-order valence-electron chi connectivity index (χ1n) is 6.15. The Hall–Kier alpha value is -2.43. The minimum Gasteiger partial charge on any atom is -0.480 e. The van der Waals surface area contributed by atoms with Gasteiger partial charge in [-0.2, -0.15) is 5.26 Å². The number of aromatic nitrogens is 1. The largest absolute Gasteiger partial charge is 0.480 e. The van der Waals surface area contributed by atoms with Crippen LogP contribution in [0, 0.1) is 11.3 Å². The highest BCUT2D eigenvalue weighted by Gasteiger charge is 2.18. The lowest BCUT2D eigenvalue weighted by atomic mass is 10.1. The molecule has 3 N–H and O–H groups in total. The molecule has 0 saturated heterocycles. The number of nitrogens with zero attached hydrogens (tertiary/aromatic N) is 3. The predicted octanol–water partition coefficient (Wildman–Crippen LogP) is 1.74. The molecule has 2 aromatic rings. The zero-order valence-electron chi connectivity index (χ0n) is 11.4. The van der Waals surface area contributed by atoms with Crippen LogP contribution in [0.4, 0.5) is 5.13 Å². The standard InChI is InChI=1S/C14H14N4O2S/c1-18(7-10-4-2-3-9(5-10)6-15)14-17-11(8-21-14)12(16)13(19)20/h2-5,8,12H,7,16H2,1H3,(H,19,20). The summed E-state index contributed by atoms with van der Waals surface area (Å²) < 4.78 is 0. The molecule has 1 atom stereocenters. The van der Waals surface area contributed by atoms with Crippen LogP contribution in [-0.4, -0.2) is 23.1 Å². The molecular weight excluding hydrogens is 288 g/mol. The van der Waals surface area contributed by atoms with Crippen molar-refractivity contribution < 1.29 is 9.90 Å². The summed E-state index contributed by atoms with van der Waals surface area (Å²) in [6, 6.07) is 8.31. The fourth-order valence-corrected chi connectivity index (χ4v) is 2.63. The number of carboxylic acids is 1. The zero-order valence-corrected chi connectivity index (χ0v) is 12.2. The maximum atomic E-state index is 10.8. The molecule has 0 bridgehead atoms. The molecule has 0 radical (unpaired) electrons. The third kappa shape index (κ3) is 3.56. The Morgan fingerprint density at radius 1 is 1.62 bits per heavy atom. The number of rotatable bonds is 5. The predicted molar refractivity (Wildman–Crippen MR) is 79.9 cm³/mol. The van der Waals surface area contributed by atoms with Gasteiger partial charge in [0.1, 0.15) is 6.04 Å². The molecule has 0 fully saturated rings. The van der Waals surface area contributed by atoms with Gasteiger partial charge in [-0.1, -0.05) is 12.1 Å². The van der Waals surface area contributed by atoms with E-state index < -0.39 is 12.0 Å². The molecule has 0 aliphatic rings. The van der Waals surface area contributed by atoms with E-state index in [1.165, 1.54) is 11.3 Å². The summed E-state index contributed by atoms with van der Waals surface area (Å²) in [7, 11) is 1.86. The van der Waals surface area contributed by atoms with Crippen molar-refractivity contribution in [3.05, 3.63) is 46.5 Å². The van der Waals surface area contributed by atoms with Gasteiger partial charge < -0.3 is 15.7 Å². The highest BCUT2D eigenvalue weighted by molar-refractivity contribution is 7.13. The van der Waals surface area contributed by atoms with Gasteiger partial charge in [-0.25, -0.2) is 4.98 Å². The van der Waals surface area contributed by atoms with Crippen molar-refractivity contribution in [1.29, 1.82) is 5.26 Å². The number of carboxylic acid groups (broad SMARTS) is 1. The van der Waals surface area contributed by atoms with Gasteiger partial charge in [0.2, 0.25) is 0 Å². The van der Waals surface area contributed by atoms with E-state index >= 15 is 0 Å². The van der Waals surface area contributed by atoms with Gasteiger partial charge in [-0.05, 0) is 17.7 Å². The van der Waals surface area contributed by atoms with Gasteiger partial charge in [-0.3, -0.25) is 4.79 Å². The minimum absolute atomic E-state index is 0.347. The Balaban J connectivity index is 2.12. The van der Waals surface area contributed by atoms with Crippen LogP contribution in [0.15, 0.2) is 29.6 Å². The summed E-state index contributed by atoms with van der Waals surface area (Å²) in [6.45, 7) is 0.574. The summed E-state index contributed by atoms with van der Waals surface area (Å²) in [5, 5.41) is 20.1. The van der Waals surface area contributed by atoms with Crippen molar-refractivity contribution in [2.75, 3.05) is 11.9 Å². The van der Waals surface area contributed by atoms with E-state index in [0.29, 0.717) is 22.9 Å². The van der Waals surface area contributed by atoms with Gasteiger partial charge in [0.05, 0.1) is 17.3 Å². The second-order valence-corrected chi connectivity index (χ2v) is 5.38. The molecule has 7 heteroatoms. The number of anilines is 1. The second kappa shape index (κ2) is 6.35. The second-order valence-electron chi connectivity index (χ2n) is 4.54. The number of nitrogens with two attached hydrogens (primary N) is 1. The van der Waals surface area contributed by atoms with Gasteiger partial charge in [0.15, 0.2) is 5.13 Å². The number of benzene rings is 1. The van der Waals surface area contributed by atoms with Crippen molar-refractivity contribution >= 4 is 22.4 Å². The molecule has 1 unspecified atom stereocenters. The lowest BCUT2D eigenvalue weighted by Crippen LogP contribution is -2.21. The van der Waals surface area contributed by atoms with E-state index in [1.54, 1.807) is 11.4 Å². The average Bonchev–Trinajstić information content (AvgIpc) is 2.96. The maximum absolute atomic E-state index is 10.8. The molecule has 0 amide bonds. The monoisotopic (exact) mass is 302 g/mol. The average molecular weight is 302 g/mol. The zero-order chi connectivity index (χ0) is 15.4. The number of nitriles is 1. The highest BCUT2D eigenvalue weighted by atomic mass is 32.1. The topological polar surface area (TPSA) is 103 Å². The van der Waals surface area contributed by atoms with Crippen LogP contribution < -0.4 is 10.6 Å². The van der Waals surface area contributed by atoms with Crippen LogP contribution in [0.2, 0.25) is 0 Å². The first-order chi connectivity index (χ1) is 10.0. The maximum Gasteiger partial charge on any atom is 0.326 e. The molecule has 0 aliphatic carbocycles. The van der Waals surface area contributed by atoms with Gasteiger partial charge in [-0.15, -0.1) is 11.3 Å². The highest BCUT2D eigenvalue weighted by Crippen LogP contribution is 2.24. The lowest BCUT2D eigenvalue weighted by Gasteiger charge is -2.15. The number of hydrogen-bond acceptors (Lipinski definition) is 6. The van der Waals surface area contributed by atoms with E-state index in [2.05, 4.69) is 11.1 Å². The third-order valence-corrected chi connectivity index (χ3v) is 3.87. The Bertz CT molecular complexity index is 692. The Labute approximate surface area is 126 Å². The van der Waals surface area contributed by atoms with E-state index in [-0.39, 0.29) is 0 Å². The fourth-order valence-electron chi connectivity index (χ4n) is 1.80. The molecule has 1 aromatic carbocycles. The van der Waals surface area contributed by atoms with Crippen molar-refractivity contribution in [1.82, 2.24) is 4.98 Å². The summed E-state index contributed by atoms with van der Waals surface area (Å²) in [5.41, 5.74) is 7.47. The molecule has 108 valence electrons. The number of carbonyl (C=O) groups is 1. The van der Waals surface area contributed by atoms with Crippen LogP contribution in [0.3, 0.4) is 0 Å². The fraction of sp³-hybridized carbons (Fsp3) is 0.214. The molecule has 2 rings (SSSR count).